The van der Waals surface area contributed by atoms with Gasteiger partial charge in [0, 0.05) is 19.3 Å². The molecule has 6 heteroatoms. The monoisotopic (exact) mass is 931 g/mol. The fourth-order valence-corrected chi connectivity index (χ4v) is 7.48. The van der Waals surface area contributed by atoms with Crippen molar-refractivity contribution in [3.05, 3.63) is 97.2 Å². The Bertz CT molecular complexity index is 1350. The highest BCUT2D eigenvalue weighted by Crippen LogP contribution is 2.15. The van der Waals surface area contributed by atoms with Crippen molar-refractivity contribution in [3.8, 4) is 0 Å². The summed E-state index contributed by atoms with van der Waals surface area (Å²) in [4.78, 5) is 38.1. The first kappa shape index (κ1) is 63.3. The third-order valence-electron chi connectivity index (χ3n) is 11.6. The molecule has 0 N–H and O–H groups in total. The van der Waals surface area contributed by atoms with Crippen LogP contribution in [0.25, 0.3) is 0 Å². The molecular formula is C61H102O6. The standard InChI is InChI=1S/C61H102O6/c1-4-7-10-13-16-19-22-25-27-29-30-32-33-36-39-42-45-48-51-54-60(63)66-57-58(56-65-59(62)53-50-47-44-41-38-35-24-21-18-15-12-9-6-3)67-61(64)55-52-49-46-43-40-37-34-31-28-26-23-20-17-14-11-8-5-2/h7,9-10,12,16,18-19,21,25,27,30,32,35-36,38-39,58H,4-6,8,11,13-15,17,20,22-24,26,28-29,31,33-34,37,40-57H2,1-3H3/b10-7-,12-9-,19-16-,21-18-,27-25-,32-30-,38-35-,39-36-. The summed E-state index contributed by atoms with van der Waals surface area (Å²) >= 11 is 0. The summed E-state index contributed by atoms with van der Waals surface area (Å²) in [7, 11) is 0. The molecule has 0 spiro atoms. The van der Waals surface area contributed by atoms with Crippen molar-refractivity contribution in [1.82, 2.24) is 0 Å². The molecule has 0 fully saturated rings. The summed E-state index contributed by atoms with van der Waals surface area (Å²) in [6.07, 6.45) is 72.5. The molecule has 382 valence electrons. The second-order valence-electron chi connectivity index (χ2n) is 18.1. The number of allylic oxidation sites excluding steroid dienone is 16. The van der Waals surface area contributed by atoms with Gasteiger partial charge in [0.1, 0.15) is 13.2 Å². The van der Waals surface area contributed by atoms with Crippen LogP contribution in [-0.2, 0) is 28.6 Å². The normalized spacial score (nSPS) is 12.8. The van der Waals surface area contributed by atoms with Crippen molar-refractivity contribution in [2.24, 2.45) is 0 Å². The van der Waals surface area contributed by atoms with E-state index in [9.17, 15) is 14.4 Å². The van der Waals surface area contributed by atoms with Gasteiger partial charge in [-0.1, -0.05) is 234 Å². The van der Waals surface area contributed by atoms with Crippen molar-refractivity contribution < 1.29 is 28.6 Å². The Kier molecular flexibility index (Phi) is 51.9. The largest absolute Gasteiger partial charge is 0.462 e. The molecule has 0 rings (SSSR count). The van der Waals surface area contributed by atoms with E-state index in [2.05, 4.69) is 118 Å². The molecule has 0 saturated heterocycles. The van der Waals surface area contributed by atoms with Crippen LogP contribution in [-0.4, -0.2) is 37.2 Å². The molecule has 0 bridgehead atoms. The highest BCUT2D eigenvalue weighted by Gasteiger charge is 2.19. The van der Waals surface area contributed by atoms with Gasteiger partial charge in [0.25, 0.3) is 0 Å². The first-order valence-corrected chi connectivity index (χ1v) is 27.7. The number of carbonyl (C=O) groups is 3. The van der Waals surface area contributed by atoms with Crippen LogP contribution in [0.5, 0.6) is 0 Å². The maximum atomic E-state index is 12.8. The minimum absolute atomic E-state index is 0.103. The molecule has 0 aromatic rings. The fraction of sp³-hybridized carbons (Fsp3) is 0.689. The van der Waals surface area contributed by atoms with Crippen LogP contribution in [0.1, 0.15) is 252 Å². The summed E-state index contributed by atoms with van der Waals surface area (Å²) in [5, 5.41) is 0. The van der Waals surface area contributed by atoms with E-state index in [0.717, 1.165) is 122 Å². The minimum Gasteiger partial charge on any atom is -0.462 e. The molecule has 0 aliphatic heterocycles. The van der Waals surface area contributed by atoms with Crippen LogP contribution in [0, 0.1) is 0 Å². The van der Waals surface area contributed by atoms with Crippen LogP contribution < -0.4 is 0 Å². The molecule has 0 heterocycles. The molecule has 0 aromatic heterocycles. The smallest absolute Gasteiger partial charge is 0.306 e. The predicted octanol–water partition coefficient (Wildman–Crippen LogP) is 18.5. The second kappa shape index (κ2) is 54.9. The van der Waals surface area contributed by atoms with E-state index >= 15 is 0 Å². The molecule has 0 saturated carbocycles. The third-order valence-corrected chi connectivity index (χ3v) is 11.6. The zero-order chi connectivity index (χ0) is 48.6. The molecule has 0 amide bonds. The zero-order valence-corrected chi connectivity index (χ0v) is 43.6. The number of hydrogen-bond donors (Lipinski definition) is 0. The summed E-state index contributed by atoms with van der Waals surface area (Å²) in [6, 6.07) is 0. The summed E-state index contributed by atoms with van der Waals surface area (Å²) in [6.45, 7) is 6.37. The topological polar surface area (TPSA) is 78.9 Å². The van der Waals surface area contributed by atoms with Crippen molar-refractivity contribution in [3.63, 3.8) is 0 Å². The molecule has 0 aliphatic rings. The van der Waals surface area contributed by atoms with Crippen molar-refractivity contribution in [2.45, 2.75) is 258 Å². The molecule has 1 unspecified atom stereocenters. The van der Waals surface area contributed by atoms with Crippen LogP contribution in [0.15, 0.2) is 97.2 Å². The highest BCUT2D eigenvalue weighted by molar-refractivity contribution is 5.71. The lowest BCUT2D eigenvalue weighted by atomic mass is 10.0. The summed E-state index contributed by atoms with van der Waals surface area (Å²) < 4.78 is 16.8. The first-order valence-electron chi connectivity index (χ1n) is 27.7. The van der Waals surface area contributed by atoms with Gasteiger partial charge in [0.05, 0.1) is 0 Å². The fourth-order valence-electron chi connectivity index (χ4n) is 7.48. The van der Waals surface area contributed by atoms with E-state index in [0.29, 0.717) is 19.3 Å². The number of carbonyl (C=O) groups excluding carboxylic acids is 3. The highest BCUT2D eigenvalue weighted by atomic mass is 16.6. The lowest BCUT2D eigenvalue weighted by Crippen LogP contribution is -2.30. The lowest BCUT2D eigenvalue weighted by Gasteiger charge is -2.18. The average Bonchev–Trinajstić information content (AvgIpc) is 3.33. The Morgan fingerprint density at radius 3 is 0.910 bits per heavy atom. The maximum absolute atomic E-state index is 12.8. The zero-order valence-electron chi connectivity index (χ0n) is 43.6. The molecule has 0 aromatic carbocycles. The number of ether oxygens (including phenoxy) is 3. The van der Waals surface area contributed by atoms with Crippen LogP contribution in [0.4, 0.5) is 0 Å². The van der Waals surface area contributed by atoms with Gasteiger partial charge in [0.2, 0.25) is 0 Å². The average molecular weight is 931 g/mol. The van der Waals surface area contributed by atoms with Crippen LogP contribution in [0.2, 0.25) is 0 Å². The van der Waals surface area contributed by atoms with E-state index in [-0.39, 0.29) is 31.1 Å². The second-order valence-corrected chi connectivity index (χ2v) is 18.1. The Morgan fingerprint density at radius 1 is 0.313 bits per heavy atom. The third kappa shape index (κ3) is 53.2. The van der Waals surface area contributed by atoms with Gasteiger partial charge in [-0.2, -0.15) is 0 Å². The van der Waals surface area contributed by atoms with Crippen molar-refractivity contribution in [1.29, 1.82) is 0 Å². The Morgan fingerprint density at radius 2 is 0.582 bits per heavy atom. The quantitative estimate of drug-likeness (QED) is 0.0262. The molecule has 0 aliphatic carbocycles. The van der Waals surface area contributed by atoms with Crippen molar-refractivity contribution >= 4 is 17.9 Å². The van der Waals surface area contributed by atoms with Gasteiger partial charge < -0.3 is 14.2 Å². The first-order chi connectivity index (χ1) is 33.0. The molecule has 0 radical (unpaired) electrons. The molecular weight excluding hydrogens is 829 g/mol. The van der Waals surface area contributed by atoms with Gasteiger partial charge in [-0.25, -0.2) is 0 Å². The SMILES string of the molecule is CC/C=C\C/C=C\C/C=C\C/C=C\C/C=C\CCCCCC(=O)OCC(COC(=O)CCCCC/C=C\C/C=C\C/C=C\CC)OC(=O)CCCCCCCCCCCCCCCCCCC. The number of hydrogen-bond acceptors (Lipinski definition) is 6. The van der Waals surface area contributed by atoms with Crippen molar-refractivity contribution in [2.75, 3.05) is 13.2 Å². The van der Waals surface area contributed by atoms with Gasteiger partial charge in [0.15, 0.2) is 6.10 Å². The summed E-state index contributed by atoms with van der Waals surface area (Å²) in [5.74, 6) is -0.958. The van der Waals surface area contributed by atoms with E-state index in [1.54, 1.807) is 0 Å². The van der Waals surface area contributed by atoms with E-state index in [4.69, 9.17) is 14.2 Å². The lowest BCUT2D eigenvalue weighted by molar-refractivity contribution is -0.167. The van der Waals surface area contributed by atoms with E-state index in [1.807, 2.05) is 0 Å². The predicted molar refractivity (Wildman–Crippen MR) is 288 cm³/mol. The number of unbranched alkanes of at least 4 members (excludes halogenated alkanes) is 22. The number of rotatable bonds is 49. The van der Waals surface area contributed by atoms with Crippen LogP contribution >= 0.6 is 0 Å². The Labute approximate surface area is 413 Å². The Balaban J connectivity index is 4.46. The van der Waals surface area contributed by atoms with Crippen LogP contribution in [0.3, 0.4) is 0 Å². The molecule has 6 nitrogen and oxygen atoms in total. The van der Waals surface area contributed by atoms with Gasteiger partial charge in [-0.3, -0.25) is 14.4 Å². The van der Waals surface area contributed by atoms with Gasteiger partial charge >= 0.3 is 17.9 Å². The van der Waals surface area contributed by atoms with E-state index < -0.39 is 6.10 Å². The minimum atomic E-state index is -0.802. The van der Waals surface area contributed by atoms with E-state index in [1.165, 1.54) is 89.9 Å². The van der Waals surface area contributed by atoms with Gasteiger partial charge in [-0.15, -0.1) is 0 Å². The number of esters is 3. The Hall–Kier alpha value is -3.67. The molecule has 67 heavy (non-hydrogen) atoms. The van der Waals surface area contributed by atoms with Gasteiger partial charge in [-0.05, 0) is 96.3 Å². The molecule has 1 atom stereocenters. The maximum Gasteiger partial charge on any atom is 0.306 e. The summed E-state index contributed by atoms with van der Waals surface area (Å²) in [5.41, 5.74) is 0.